The highest BCUT2D eigenvalue weighted by Crippen LogP contribution is 2.22. The minimum absolute atomic E-state index is 0.00201. The topological polar surface area (TPSA) is 102 Å². The van der Waals surface area contributed by atoms with Gasteiger partial charge >= 0.3 is 5.97 Å². The predicted octanol–water partition coefficient (Wildman–Crippen LogP) is 3.34. The molecule has 0 aliphatic heterocycles. The minimum atomic E-state index is -3.79. The number of hydrogen-bond donors (Lipinski definition) is 2. The molecule has 0 aromatic heterocycles. The van der Waals surface area contributed by atoms with E-state index in [1.165, 1.54) is 18.2 Å². The van der Waals surface area contributed by atoms with Crippen molar-refractivity contribution in [2.45, 2.75) is 11.3 Å². The smallest absolute Gasteiger partial charge is 0.307 e. The van der Waals surface area contributed by atoms with Gasteiger partial charge in [0.15, 0.2) is 6.61 Å². The molecule has 0 heterocycles. The van der Waals surface area contributed by atoms with Crippen molar-refractivity contribution in [1.29, 1.82) is 0 Å². The second-order valence-electron chi connectivity index (χ2n) is 6.34. The monoisotopic (exact) mass is 446 g/mol. The predicted molar refractivity (Wildman–Crippen MR) is 115 cm³/mol. The third-order valence-corrected chi connectivity index (χ3v) is 5.85. The van der Waals surface area contributed by atoms with Gasteiger partial charge in [0.25, 0.3) is 5.91 Å². The highest BCUT2D eigenvalue weighted by atomic mass is 35.5. The van der Waals surface area contributed by atoms with Crippen LogP contribution in [0.3, 0.4) is 0 Å². The van der Waals surface area contributed by atoms with Gasteiger partial charge in [0.2, 0.25) is 10.0 Å². The van der Waals surface area contributed by atoms with Gasteiger partial charge in [-0.15, -0.1) is 0 Å². The van der Waals surface area contributed by atoms with E-state index in [1.54, 1.807) is 12.1 Å². The van der Waals surface area contributed by atoms with E-state index in [0.29, 0.717) is 5.69 Å². The van der Waals surface area contributed by atoms with E-state index in [-0.39, 0.29) is 22.9 Å². The van der Waals surface area contributed by atoms with Crippen molar-refractivity contribution < 1.29 is 22.7 Å². The largest absolute Gasteiger partial charge is 0.456 e. The third-order valence-electron chi connectivity index (χ3n) is 4.16. The highest BCUT2D eigenvalue weighted by Gasteiger charge is 2.15. The lowest BCUT2D eigenvalue weighted by Gasteiger charge is -2.10. The van der Waals surface area contributed by atoms with Crippen molar-refractivity contribution in [3.8, 4) is 0 Å². The lowest BCUT2D eigenvalue weighted by atomic mass is 10.1. The van der Waals surface area contributed by atoms with Crippen LogP contribution in [0.5, 0.6) is 0 Å². The van der Waals surface area contributed by atoms with Crippen LogP contribution in [0.15, 0.2) is 71.6 Å². The number of benzene rings is 3. The van der Waals surface area contributed by atoms with Crippen molar-refractivity contribution in [3.05, 3.63) is 71.8 Å². The summed E-state index contributed by atoms with van der Waals surface area (Å²) in [6.45, 7) is -0.637. The summed E-state index contributed by atoms with van der Waals surface area (Å²) in [6, 6.07) is 18.8. The third kappa shape index (κ3) is 5.79. The van der Waals surface area contributed by atoms with E-state index < -0.39 is 28.5 Å². The number of anilines is 1. The van der Waals surface area contributed by atoms with Crippen LogP contribution in [0, 0.1) is 0 Å². The molecule has 3 aromatic carbocycles. The molecule has 0 bridgehead atoms. The van der Waals surface area contributed by atoms with Gasteiger partial charge in [-0.2, -0.15) is 0 Å². The molecule has 9 heteroatoms. The quantitative estimate of drug-likeness (QED) is 0.517. The first-order chi connectivity index (χ1) is 14.3. The van der Waals surface area contributed by atoms with Crippen LogP contribution in [0.1, 0.15) is 6.42 Å². The minimum Gasteiger partial charge on any atom is -0.456 e. The zero-order chi connectivity index (χ0) is 21.6. The molecular weight excluding hydrogens is 428 g/mol. The highest BCUT2D eigenvalue weighted by molar-refractivity contribution is 7.89. The van der Waals surface area contributed by atoms with Crippen molar-refractivity contribution in [2.75, 3.05) is 18.5 Å². The van der Waals surface area contributed by atoms with Gasteiger partial charge in [-0.3, -0.25) is 9.59 Å². The molecule has 0 atom stereocenters. The molecule has 156 valence electrons. The normalized spacial score (nSPS) is 11.2. The van der Waals surface area contributed by atoms with Crippen LogP contribution in [-0.4, -0.2) is 33.4 Å². The number of carbonyl (C=O) groups is 2. The number of nitrogens with one attached hydrogen (secondary N) is 2. The summed E-state index contributed by atoms with van der Waals surface area (Å²) >= 11 is 5.79. The second kappa shape index (κ2) is 9.71. The summed E-state index contributed by atoms with van der Waals surface area (Å²) < 4.78 is 31.5. The van der Waals surface area contributed by atoms with Gasteiger partial charge in [-0.05, 0) is 29.7 Å². The molecule has 0 aliphatic carbocycles. The molecule has 3 aromatic rings. The van der Waals surface area contributed by atoms with Crippen molar-refractivity contribution in [3.63, 3.8) is 0 Å². The molecule has 3 rings (SSSR count). The number of rotatable bonds is 8. The standard InChI is InChI=1S/C21H19ClN2O5S/c22-16-7-4-8-17(13-16)30(27,28)23-12-11-21(26)29-14-20(25)24-19-10-3-6-15-5-1-2-9-18(15)19/h1-10,13,23H,11-12,14H2,(H,24,25). The van der Waals surface area contributed by atoms with Crippen LogP contribution in [-0.2, 0) is 24.3 Å². The molecule has 0 unspecified atom stereocenters. The van der Waals surface area contributed by atoms with Crippen molar-refractivity contribution in [2.24, 2.45) is 0 Å². The lowest BCUT2D eigenvalue weighted by molar-refractivity contribution is -0.147. The number of fused-ring (bicyclic) bond motifs is 1. The van der Waals surface area contributed by atoms with Crippen molar-refractivity contribution >= 4 is 50.0 Å². The Bertz CT molecular complexity index is 1180. The first-order valence-electron chi connectivity index (χ1n) is 9.04. The van der Waals surface area contributed by atoms with Gasteiger partial charge < -0.3 is 10.1 Å². The Morgan fingerprint density at radius 2 is 1.70 bits per heavy atom. The zero-order valence-corrected chi connectivity index (χ0v) is 17.4. The number of sulfonamides is 1. The number of hydrogen-bond acceptors (Lipinski definition) is 5. The molecule has 2 N–H and O–H groups in total. The van der Waals surface area contributed by atoms with Crippen LogP contribution in [0.2, 0.25) is 5.02 Å². The Labute approximate surface area is 179 Å². The summed E-state index contributed by atoms with van der Waals surface area (Å²) in [5.41, 5.74) is 0.614. The maximum absolute atomic E-state index is 12.2. The molecule has 7 nitrogen and oxygen atoms in total. The average Bonchev–Trinajstić information content (AvgIpc) is 2.72. The van der Waals surface area contributed by atoms with Crippen molar-refractivity contribution in [1.82, 2.24) is 4.72 Å². The number of esters is 1. The number of carbonyl (C=O) groups excluding carboxylic acids is 2. The molecule has 0 radical (unpaired) electrons. The van der Waals surface area contributed by atoms with Gasteiger partial charge in [-0.25, -0.2) is 13.1 Å². The Morgan fingerprint density at radius 3 is 2.50 bits per heavy atom. The summed E-state index contributed by atoms with van der Waals surface area (Å²) in [5, 5.41) is 4.84. The number of ether oxygens (including phenoxy) is 1. The first-order valence-corrected chi connectivity index (χ1v) is 10.9. The molecule has 0 saturated heterocycles. The van der Waals surface area contributed by atoms with Gasteiger partial charge in [-0.1, -0.05) is 54.1 Å². The van der Waals surface area contributed by atoms with E-state index >= 15 is 0 Å². The first kappa shape index (κ1) is 21.8. The lowest BCUT2D eigenvalue weighted by Crippen LogP contribution is -2.28. The summed E-state index contributed by atoms with van der Waals surface area (Å²) in [5.74, 6) is -1.18. The maximum Gasteiger partial charge on any atom is 0.307 e. The summed E-state index contributed by atoms with van der Waals surface area (Å²) in [7, 11) is -3.79. The summed E-state index contributed by atoms with van der Waals surface area (Å²) in [6.07, 6.45) is -0.221. The SMILES string of the molecule is O=C(COC(=O)CCNS(=O)(=O)c1cccc(Cl)c1)Nc1cccc2ccccc12. The Hall–Kier alpha value is -2.94. The Balaban J connectivity index is 1.46. The van der Waals surface area contributed by atoms with Crippen LogP contribution in [0.4, 0.5) is 5.69 Å². The second-order valence-corrected chi connectivity index (χ2v) is 8.54. The molecule has 1 amide bonds. The van der Waals surface area contributed by atoms with E-state index in [4.69, 9.17) is 16.3 Å². The molecule has 0 saturated carbocycles. The van der Waals surface area contributed by atoms with E-state index in [9.17, 15) is 18.0 Å². The Morgan fingerprint density at radius 1 is 0.967 bits per heavy atom. The maximum atomic E-state index is 12.2. The van der Waals surface area contributed by atoms with Gasteiger partial charge in [0.1, 0.15) is 0 Å². The molecule has 0 aliphatic rings. The fraction of sp³-hybridized carbons (Fsp3) is 0.143. The van der Waals surface area contributed by atoms with E-state index in [1.807, 2.05) is 36.4 Å². The fourth-order valence-corrected chi connectivity index (χ4v) is 4.08. The number of amides is 1. The van der Waals surface area contributed by atoms with E-state index in [2.05, 4.69) is 10.0 Å². The van der Waals surface area contributed by atoms with E-state index in [0.717, 1.165) is 10.8 Å². The number of halogens is 1. The molecule has 0 fully saturated rings. The Kier molecular flexibility index (Phi) is 7.04. The van der Waals surface area contributed by atoms with Gasteiger partial charge in [0.05, 0.1) is 11.3 Å². The van der Waals surface area contributed by atoms with Gasteiger partial charge in [0, 0.05) is 22.6 Å². The van der Waals surface area contributed by atoms with Crippen LogP contribution >= 0.6 is 11.6 Å². The fourth-order valence-electron chi connectivity index (χ4n) is 2.74. The molecule has 0 spiro atoms. The summed E-state index contributed by atoms with van der Waals surface area (Å²) in [4.78, 5) is 23.9. The van der Waals surface area contributed by atoms with Crippen LogP contribution in [0.25, 0.3) is 10.8 Å². The molecular formula is C21H19ClN2O5S. The molecule has 30 heavy (non-hydrogen) atoms. The zero-order valence-electron chi connectivity index (χ0n) is 15.8. The van der Waals surface area contributed by atoms with Crippen LogP contribution < -0.4 is 10.0 Å². The average molecular weight is 447 g/mol.